The van der Waals surface area contributed by atoms with E-state index in [1.54, 1.807) is 0 Å². The van der Waals surface area contributed by atoms with Crippen LogP contribution >= 0.6 is 0 Å². The molecule has 25 heavy (non-hydrogen) atoms. The largest absolute Gasteiger partial charge is 0.372 e. The number of anilines is 1. The third-order valence-electron chi connectivity index (χ3n) is 4.87. The summed E-state index contributed by atoms with van der Waals surface area (Å²) < 4.78 is 2.25. The second-order valence-corrected chi connectivity index (χ2v) is 6.85. The molecule has 2 aromatic carbocycles. The summed E-state index contributed by atoms with van der Waals surface area (Å²) in [6.07, 6.45) is 4.51. The number of hydrogen-bond donors (Lipinski definition) is 0. The number of benzene rings is 2. The maximum Gasteiger partial charge on any atom is 0.220 e. The third-order valence-corrected chi connectivity index (χ3v) is 4.87. The van der Waals surface area contributed by atoms with Crippen LogP contribution in [0.25, 0.3) is 22.0 Å². The molecule has 0 amide bonds. The van der Waals surface area contributed by atoms with E-state index < -0.39 is 0 Å². The Morgan fingerprint density at radius 2 is 1.64 bits per heavy atom. The molecule has 3 aromatic rings. The molecule has 3 rings (SSSR count). The fourth-order valence-corrected chi connectivity index (χ4v) is 3.62. The normalized spacial score (nSPS) is 11.0. The van der Waals surface area contributed by atoms with Crippen molar-refractivity contribution in [3.63, 3.8) is 0 Å². The van der Waals surface area contributed by atoms with E-state index in [-0.39, 0.29) is 0 Å². The Balaban J connectivity index is 2.18. The SMILES string of the molecule is CCCN(CCC)c1ccc(C)c(-c2c3ccccc3cc[n+]2C)c1. The number of nitrogens with zero attached hydrogens (tertiary/aromatic N) is 2. The standard InChI is InChI=1S/C23H29N2/c1-5-14-25(15-6-2)20-12-11-18(3)22(17-20)23-21-10-8-7-9-19(21)13-16-24(23)4/h7-13,16-17H,5-6,14-15H2,1-4H3/q+1. The summed E-state index contributed by atoms with van der Waals surface area (Å²) in [7, 11) is 2.14. The van der Waals surface area contributed by atoms with E-state index in [2.05, 4.69) is 92.0 Å². The maximum atomic E-state index is 2.51. The molecule has 1 aromatic heterocycles. The van der Waals surface area contributed by atoms with Crippen LogP contribution in [0.15, 0.2) is 54.7 Å². The van der Waals surface area contributed by atoms with Gasteiger partial charge in [0, 0.05) is 24.8 Å². The third kappa shape index (κ3) is 3.53. The highest BCUT2D eigenvalue weighted by atomic mass is 15.1. The van der Waals surface area contributed by atoms with Gasteiger partial charge in [0.2, 0.25) is 5.69 Å². The monoisotopic (exact) mass is 333 g/mol. The second kappa shape index (κ2) is 7.69. The molecular formula is C23H29N2+. The Morgan fingerprint density at radius 1 is 0.920 bits per heavy atom. The summed E-state index contributed by atoms with van der Waals surface area (Å²) in [5.41, 5.74) is 5.28. The molecule has 0 fully saturated rings. The Bertz CT molecular complexity index is 861. The highest BCUT2D eigenvalue weighted by molar-refractivity contribution is 5.94. The van der Waals surface area contributed by atoms with Gasteiger partial charge in [-0.3, -0.25) is 0 Å². The second-order valence-electron chi connectivity index (χ2n) is 6.85. The molecule has 0 aliphatic heterocycles. The fraction of sp³-hybridized carbons (Fsp3) is 0.348. The van der Waals surface area contributed by atoms with Gasteiger partial charge >= 0.3 is 0 Å². The first-order valence-electron chi connectivity index (χ1n) is 9.39. The molecule has 0 spiro atoms. The summed E-state index contributed by atoms with van der Waals surface area (Å²) in [6, 6.07) is 17.8. The lowest BCUT2D eigenvalue weighted by molar-refractivity contribution is -0.659. The van der Waals surface area contributed by atoms with Crippen LogP contribution in [0.4, 0.5) is 5.69 Å². The van der Waals surface area contributed by atoms with E-state index in [0.717, 1.165) is 13.1 Å². The van der Waals surface area contributed by atoms with Crippen molar-refractivity contribution in [1.29, 1.82) is 0 Å². The number of rotatable bonds is 6. The smallest absolute Gasteiger partial charge is 0.220 e. The summed E-state index contributed by atoms with van der Waals surface area (Å²) in [5.74, 6) is 0. The Kier molecular flexibility index (Phi) is 5.37. The lowest BCUT2D eigenvalue weighted by Gasteiger charge is -2.24. The average Bonchev–Trinajstić information content (AvgIpc) is 2.62. The first-order chi connectivity index (χ1) is 12.2. The minimum absolute atomic E-state index is 1.11. The van der Waals surface area contributed by atoms with Crippen LogP contribution < -0.4 is 9.47 Å². The predicted octanol–water partition coefficient (Wildman–Crippen LogP) is 5.27. The van der Waals surface area contributed by atoms with Gasteiger partial charge < -0.3 is 4.90 Å². The summed E-state index contributed by atoms with van der Waals surface area (Å²) in [4.78, 5) is 2.51. The van der Waals surface area contributed by atoms with Crippen LogP contribution in [0.1, 0.15) is 32.3 Å². The minimum atomic E-state index is 1.11. The zero-order valence-electron chi connectivity index (χ0n) is 15.9. The molecule has 0 unspecified atom stereocenters. The number of aryl methyl sites for hydroxylation is 2. The average molecular weight is 333 g/mol. The van der Waals surface area contributed by atoms with Crippen molar-refractivity contribution < 1.29 is 4.57 Å². The van der Waals surface area contributed by atoms with Gasteiger partial charge in [0.15, 0.2) is 6.20 Å². The number of aromatic nitrogens is 1. The van der Waals surface area contributed by atoms with E-state index in [1.165, 1.54) is 46.1 Å². The first kappa shape index (κ1) is 17.5. The van der Waals surface area contributed by atoms with Crippen LogP contribution in [-0.4, -0.2) is 13.1 Å². The molecule has 0 radical (unpaired) electrons. The molecular weight excluding hydrogens is 304 g/mol. The molecule has 0 saturated heterocycles. The highest BCUT2D eigenvalue weighted by Gasteiger charge is 2.18. The molecule has 2 heteroatoms. The zero-order valence-corrected chi connectivity index (χ0v) is 15.9. The van der Waals surface area contributed by atoms with Gasteiger partial charge in [0.25, 0.3) is 0 Å². The van der Waals surface area contributed by atoms with Gasteiger partial charge in [0.1, 0.15) is 7.05 Å². The van der Waals surface area contributed by atoms with Crippen molar-refractivity contribution >= 4 is 16.5 Å². The molecule has 0 N–H and O–H groups in total. The number of pyridine rings is 1. The van der Waals surface area contributed by atoms with Gasteiger partial charge in [-0.25, -0.2) is 4.57 Å². The van der Waals surface area contributed by atoms with Crippen molar-refractivity contribution in [2.75, 3.05) is 18.0 Å². The van der Waals surface area contributed by atoms with E-state index in [0.29, 0.717) is 0 Å². The zero-order chi connectivity index (χ0) is 17.8. The quantitative estimate of drug-likeness (QED) is 0.558. The maximum absolute atomic E-state index is 2.51. The lowest BCUT2D eigenvalue weighted by atomic mass is 9.98. The first-order valence-corrected chi connectivity index (χ1v) is 9.39. The van der Waals surface area contributed by atoms with Crippen LogP contribution in [0.3, 0.4) is 0 Å². The topological polar surface area (TPSA) is 7.12 Å². The molecule has 2 nitrogen and oxygen atoms in total. The Labute approximate surface area is 151 Å². The number of hydrogen-bond acceptors (Lipinski definition) is 1. The van der Waals surface area contributed by atoms with Crippen LogP contribution in [0.5, 0.6) is 0 Å². The molecule has 0 saturated carbocycles. The Hall–Kier alpha value is -2.35. The van der Waals surface area contributed by atoms with Crippen LogP contribution in [-0.2, 0) is 7.05 Å². The summed E-state index contributed by atoms with van der Waals surface area (Å²) in [5, 5.41) is 2.60. The molecule has 0 bridgehead atoms. The molecule has 0 aliphatic carbocycles. The summed E-state index contributed by atoms with van der Waals surface area (Å²) in [6.45, 7) is 8.94. The van der Waals surface area contributed by atoms with E-state index >= 15 is 0 Å². The van der Waals surface area contributed by atoms with Crippen LogP contribution in [0, 0.1) is 6.92 Å². The molecule has 1 heterocycles. The lowest BCUT2D eigenvalue weighted by Crippen LogP contribution is -2.31. The van der Waals surface area contributed by atoms with Gasteiger partial charge in [0.05, 0.1) is 10.9 Å². The van der Waals surface area contributed by atoms with Crippen molar-refractivity contribution in [1.82, 2.24) is 0 Å². The van der Waals surface area contributed by atoms with Crippen molar-refractivity contribution in [3.8, 4) is 11.3 Å². The number of fused-ring (bicyclic) bond motifs is 1. The Morgan fingerprint density at radius 3 is 2.36 bits per heavy atom. The fourth-order valence-electron chi connectivity index (χ4n) is 3.62. The van der Waals surface area contributed by atoms with Gasteiger partial charge in [-0.1, -0.05) is 38.1 Å². The van der Waals surface area contributed by atoms with E-state index in [1.807, 2.05) is 0 Å². The molecule has 0 aliphatic rings. The van der Waals surface area contributed by atoms with E-state index in [4.69, 9.17) is 0 Å². The van der Waals surface area contributed by atoms with Crippen LogP contribution in [0.2, 0.25) is 0 Å². The minimum Gasteiger partial charge on any atom is -0.372 e. The molecule has 0 atom stereocenters. The predicted molar refractivity (Wildman–Crippen MR) is 108 cm³/mol. The highest BCUT2D eigenvalue weighted by Crippen LogP contribution is 2.31. The van der Waals surface area contributed by atoms with Gasteiger partial charge in [-0.15, -0.1) is 0 Å². The van der Waals surface area contributed by atoms with E-state index in [9.17, 15) is 0 Å². The van der Waals surface area contributed by atoms with Crippen molar-refractivity contribution in [3.05, 3.63) is 60.3 Å². The summed E-state index contributed by atoms with van der Waals surface area (Å²) >= 11 is 0. The van der Waals surface area contributed by atoms with Crippen molar-refractivity contribution in [2.45, 2.75) is 33.6 Å². The van der Waals surface area contributed by atoms with Crippen molar-refractivity contribution in [2.24, 2.45) is 7.05 Å². The molecule has 130 valence electrons. The van der Waals surface area contributed by atoms with Gasteiger partial charge in [-0.05, 0) is 48.9 Å². The van der Waals surface area contributed by atoms with Gasteiger partial charge in [-0.2, -0.15) is 0 Å².